The standard InChI is InChI=1S/C17H35N5O4S.HI/c1-5-18-16(19-11-8-12-21(4)27(24,25)7-3)20-15-9-13-22(14-10-15)17(23)26-6-2;/h15H,5-14H2,1-4H3,(H2,18,19,20);1H. The molecule has 2 N–H and O–H groups in total. The molecule has 9 nitrogen and oxygen atoms in total. The summed E-state index contributed by atoms with van der Waals surface area (Å²) in [4.78, 5) is 18.0. The van der Waals surface area contributed by atoms with Gasteiger partial charge in [0.05, 0.1) is 12.4 Å². The lowest BCUT2D eigenvalue weighted by molar-refractivity contribution is 0.0963. The number of guanidine groups is 1. The molecule has 0 saturated carbocycles. The number of piperidine rings is 1. The van der Waals surface area contributed by atoms with Crippen LogP contribution in [0.2, 0.25) is 0 Å². The zero-order valence-electron chi connectivity index (χ0n) is 17.4. The minimum atomic E-state index is -3.14. The molecule has 0 bridgehead atoms. The Kier molecular flexibility index (Phi) is 13.8. The first-order valence-electron chi connectivity index (χ1n) is 9.74. The van der Waals surface area contributed by atoms with E-state index in [0.29, 0.717) is 39.2 Å². The van der Waals surface area contributed by atoms with Gasteiger partial charge in [0, 0.05) is 45.8 Å². The number of hydrogen-bond donors (Lipinski definition) is 2. The summed E-state index contributed by atoms with van der Waals surface area (Å²) in [6, 6.07) is 0.247. The Bertz CT molecular complexity index is 580. The first kappa shape index (κ1) is 27.2. The number of carbonyl (C=O) groups is 1. The normalized spacial score (nSPS) is 15.9. The van der Waals surface area contributed by atoms with Crippen LogP contribution in [0.25, 0.3) is 0 Å². The van der Waals surface area contributed by atoms with E-state index in [0.717, 1.165) is 25.3 Å². The van der Waals surface area contributed by atoms with E-state index in [1.54, 1.807) is 25.8 Å². The van der Waals surface area contributed by atoms with Crippen LogP contribution in [0.5, 0.6) is 0 Å². The number of hydrogen-bond acceptors (Lipinski definition) is 5. The SMILES string of the molecule is CCNC(=NCCCN(C)S(=O)(=O)CC)NC1CCN(C(=O)OCC)CC1.I. The first-order chi connectivity index (χ1) is 12.8. The van der Waals surface area contributed by atoms with E-state index >= 15 is 0 Å². The highest BCUT2D eigenvalue weighted by atomic mass is 127. The molecule has 11 heteroatoms. The van der Waals surface area contributed by atoms with Crippen LogP contribution in [0.15, 0.2) is 4.99 Å². The Hall–Kier alpha value is -0.820. The summed E-state index contributed by atoms with van der Waals surface area (Å²) in [5, 5.41) is 6.62. The van der Waals surface area contributed by atoms with Crippen molar-refractivity contribution in [1.82, 2.24) is 19.8 Å². The number of nitrogens with zero attached hydrogens (tertiary/aromatic N) is 3. The number of sulfonamides is 1. The third kappa shape index (κ3) is 9.59. The summed E-state index contributed by atoms with van der Waals surface area (Å²) in [5.41, 5.74) is 0. The lowest BCUT2D eigenvalue weighted by atomic mass is 10.1. The summed E-state index contributed by atoms with van der Waals surface area (Å²) in [5.74, 6) is 0.842. The summed E-state index contributed by atoms with van der Waals surface area (Å²) in [7, 11) is -1.54. The predicted octanol–water partition coefficient (Wildman–Crippen LogP) is 1.45. The van der Waals surface area contributed by atoms with Crippen LogP contribution in [0.3, 0.4) is 0 Å². The molecule has 0 unspecified atom stereocenters. The van der Waals surface area contributed by atoms with Crippen LogP contribution in [-0.2, 0) is 14.8 Å². The van der Waals surface area contributed by atoms with E-state index in [1.807, 2.05) is 6.92 Å². The second-order valence-corrected chi connectivity index (χ2v) is 8.81. The van der Waals surface area contributed by atoms with Crippen molar-refractivity contribution in [2.45, 2.75) is 46.1 Å². The first-order valence-corrected chi connectivity index (χ1v) is 11.4. The number of ether oxygens (including phenoxy) is 1. The smallest absolute Gasteiger partial charge is 0.409 e. The van der Waals surface area contributed by atoms with E-state index in [4.69, 9.17) is 4.74 Å². The van der Waals surface area contributed by atoms with Crippen LogP contribution in [-0.4, -0.2) is 87.8 Å². The van der Waals surface area contributed by atoms with Gasteiger partial charge in [0.15, 0.2) is 5.96 Å². The molecule has 1 fully saturated rings. The molecule has 0 aromatic carbocycles. The fraction of sp³-hybridized carbons (Fsp3) is 0.882. The largest absolute Gasteiger partial charge is 0.450 e. The highest BCUT2D eigenvalue weighted by molar-refractivity contribution is 14.0. The summed E-state index contributed by atoms with van der Waals surface area (Å²) in [6.07, 6.45) is 2.08. The molecule has 0 radical (unpaired) electrons. The average Bonchev–Trinajstić information content (AvgIpc) is 2.65. The van der Waals surface area contributed by atoms with Gasteiger partial charge in [0.25, 0.3) is 0 Å². The Morgan fingerprint density at radius 3 is 2.43 bits per heavy atom. The van der Waals surface area contributed by atoms with E-state index in [2.05, 4.69) is 15.6 Å². The molecule has 1 rings (SSSR count). The maximum absolute atomic E-state index is 11.8. The number of amides is 1. The number of nitrogens with one attached hydrogen (secondary N) is 2. The molecule has 28 heavy (non-hydrogen) atoms. The van der Waals surface area contributed by atoms with E-state index in [9.17, 15) is 13.2 Å². The van der Waals surface area contributed by atoms with Gasteiger partial charge in [0.2, 0.25) is 10.0 Å². The van der Waals surface area contributed by atoms with Crippen LogP contribution in [0.1, 0.15) is 40.0 Å². The van der Waals surface area contributed by atoms with Gasteiger partial charge in [-0.2, -0.15) is 0 Å². The number of likely N-dealkylation sites (tertiary alicyclic amines) is 1. The fourth-order valence-electron chi connectivity index (χ4n) is 2.78. The van der Waals surface area contributed by atoms with Crippen molar-refractivity contribution in [3.05, 3.63) is 0 Å². The molecule has 0 aromatic rings. The number of rotatable bonds is 9. The van der Waals surface area contributed by atoms with Gasteiger partial charge in [-0.3, -0.25) is 4.99 Å². The number of halogens is 1. The molecule has 0 aliphatic carbocycles. The average molecular weight is 533 g/mol. The lowest BCUT2D eigenvalue weighted by Gasteiger charge is -2.32. The molecule has 1 amide bonds. The molecule has 0 atom stereocenters. The minimum Gasteiger partial charge on any atom is -0.450 e. The van der Waals surface area contributed by atoms with Crippen molar-refractivity contribution in [2.24, 2.45) is 4.99 Å². The minimum absolute atomic E-state index is 0. The topological polar surface area (TPSA) is 103 Å². The van der Waals surface area contributed by atoms with E-state index in [1.165, 1.54) is 4.31 Å². The molecule has 0 spiro atoms. The second-order valence-electron chi connectivity index (χ2n) is 6.44. The monoisotopic (exact) mass is 533 g/mol. The third-order valence-corrected chi connectivity index (χ3v) is 6.31. The van der Waals surface area contributed by atoms with Gasteiger partial charge < -0.3 is 20.3 Å². The number of aliphatic imine (C=N–C) groups is 1. The van der Waals surface area contributed by atoms with Crippen LogP contribution in [0.4, 0.5) is 4.79 Å². The van der Waals surface area contributed by atoms with Crippen LogP contribution >= 0.6 is 24.0 Å². The second kappa shape index (κ2) is 14.2. The van der Waals surface area contributed by atoms with Crippen LogP contribution < -0.4 is 10.6 Å². The molecular formula is C17H36IN5O4S. The summed E-state index contributed by atoms with van der Waals surface area (Å²) in [6.45, 7) is 8.91. The van der Waals surface area contributed by atoms with Gasteiger partial charge in [-0.25, -0.2) is 17.5 Å². The molecule has 1 heterocycles. The third-order valence-electron chi connectivity index (χ3n) is 4.45. The maximum Gasteiger partial charge on any atom is 0.409 e. The Labute approximate surface area is 186 Å². The zero-order chi connectivity index (χ0) is 20.3. The van der Waals surface area contributed by atoms with Gasteiger partial charge in [-0.1, -0.05) is 0 Å². The lowest BCUT2D eigenvalue weighted by Crippen LogP contribution is -2.50. The molecule has 1 saturated heterocycles. The zero-order valence-corrected chi connectivity index (χ0v) is 20.6. The van der Waals surface area contributed by atoms with Crippen LogP contribution in [0, 0.1) is 0 Å². The van der Waals surface area contributed by atoms with Gasteiger partial charge in [0.1, 0.15) is 0 Å². The molecular weight excluding hydrogens is 497 g/mol. The van der Waals surface area contributed by atoms with Gasteiger partial charge in [-0.05, 0) is 40.0 Å². The maximum atomic E-state index is 11.8. The van der Waals surface area contributed by atoms with Crippen molar-refractivity contribution in [2.75, 3.05) is 52.1 Å². The quantitative estimate of drug-likeness (QED) is 0.201. The summed E-state index contributed by atoms with van der Waals surface area (Å²) >= 11 is 0. The van der Waals surface area contributed by atoms with E-state index in [-0.39, 0.29) is 41.9 Å². The highest BCUT2D eigenvalue weighted by Crippen LogP contribution is 2.11. The van der Waals surface area contributed by atoms with Gasteiger partial charge >= 0.3 is 6.09 Å². The highest BCUT2D eigenvalue weighted by Gasteiger charge is 2.24. The predicted molar refractivity (Wildman–Crippen MR) is 123 cm³/mol. The van der Waals surface area contributed by atoms with E-state index < -0.39 is 10.0 Å². The van der Waals surface area contributed by atoms with Crippen molar-refractivity contribution >= 4 is 46.1 Å². The van der Waals surface area contributed by atoms with Crippen molar-refractivity contribution < 1.29 is 17.9 Å². The van der Waals surface area contributed by atoms with Crippen molar-refractivity contribution in [3.8, 4) is 0 Å². The molecule has 0 aromatic heterocycles. The Morgan fingerprint density at radius 1 is 1.25 bits per heavy atom. The number of carbonyl (C=O) groups excluding carboxylic acids is 1. The van der Waals surface area contributed by atoms with Gasteiger partial charge in [-0.15, -0.1) is 24.0 Å². The fourth-order valence-corrected chi connectivity index (χ4v) is 3.63. The van der Waals surface area contributed by atoms with Crippen molar-refractivity contribution in [1.29, 1.82) is 0 Å². The Balaban J connectivity index is 0.00000729. The Morgan fingerprint density at radius 2 is 1.89 bits per heavy atom. The molecule has 166 valence electrons. The molecule has 1 aliphatic heterocycles. The molecule has 1 aliphatic rings. The summed E-state index contributed by atoms with van der Waals surface area (Å²) < 4.78 is 29.9. The van der Waals surface area contributed by atoms with Crippen molar-refractivity contribution in [3.63, 3.8) is 0 Å².